The van der Waals surface area contributed by atoms with Gasteiger partial charge >= 0.3 is 32.3 Å². The predicted octanol–water partition coefficient (Wildman–Crippen LogP) is 8.57. The van der Waals surface area contributed by atoms with Crippen LogP contribution in [0.25, 0.3) is 18.2 Å². The van der Waals surface area contributed by atoms with Crippen LogP contribution in [0.1, 0.15) is 47.8 Å². The largest absolute Gasteiger partial charge is 0.478 e. The van der Waals surface area contributed by atoms with Gasteiger partial charge in [-0.15, -0.1) is 0 Å². The SMILES string of the molecule is C/C(=C\c1cc(F)c(Oc2ccc(S(=O)(=O)Nc3ccc(OP(O)O)cc3)cc2)c(F)c1)C(=O)N=C(N)N.C/C(=C\c1cc(F)c(Oc2ccc(S(=O)(=O)Nc3cccc(C(=O)O)c3)cc2)c(F)c1)C(=O)N=C(N)N.C/C(=C\c1cc(F)c(Oc2ccc(S(=O)(=O)Nc3cccc(S(=O)(=O)O)c3)cc2)c(F)c1)C(=O)N=C(N)N.O=C=O.O=S=O. The molecule has 0 radical (unpaired) electrons. The number of halogens is 6. The second-order valence-electron chi connectivity index (χ2n) is 22.9. The lowest BCUT2D eigenvalue weighted by Gasteiger charge is -2.11. The molecule has 0 aliphatic heterocycles. The molecule has 119 heavy (non-hydrogen) atoms. The van der Waals surface area contributed by atoms with E-state index in [1.165, 1.54) is 130 Å². The number of sulfonamides is 3. The zero-order valence-corrected chi connectivity index (χ0v) is 65.5. The number of amides is 3. The second kappa shape index (κ2) is 43.1. The van der Waals surface area contributed by atoms with Crippen molar-refractivity contribution in [1.29, 1.82) is 0 Å². The highest BCUT2D eigenvalue weighted by Gasteiger charge is 2.23. The van der Waals surface area contributed by atoms with E-state index in [-0.39, 0.29) is 99.9 Å². The van der Waals surface area contributed by atoms with Crippen LogP contribution in [0.5, 0.6) is 40.2 Å². The van der Waals surface area contributed by atoms with Crippen LogP contribution >= 0.6 is 8.60 Å². The highest BCUT2D eigenvalue weighted by atomic mass is 32.2. The van der Waals surface area contributed by atoms with Gasteiger partial charge in [0.1, 0.15) is 23.0 Å². The van der Waals surface area contributed by atoms with Gasteiger partial charge in [-0.1, -0.05) is 12.1 Å². The number of ether oxygens (including phenoxy) is 3. The molecule has 48 heteroatoms. The van der Waals surface area contributed by atoms with Crippen LogP contribution < -0.4 is 67.3 Å². The van der Waals surface area contributed by atoms with E-state index in [0.717, 1.165) is 91.0 Å². The number of carbonyl (C=O) groups is 4. The molecule has 0 spiro atoms. The van der Waals surface area contributed by atoms with Crippen LogP contribution in [0.4, 0.5) is 43.4 Å². The molecule has 19 N–H and O–H groups in total. The maximum absolute atomic E-state index is 14.6. The Morgan fingerprint density at radius 1 is 0.420 bits per heavy atom. The van der Waals surface area contributed by atoms with Crippen LogP contribution in [0.15, 0.2) is 233 Å². The third-order valence-electron chi connectivity index (χ3n) is 14.0. The maximum Gasteiger partial charge on any atom is 0.391 e. The van der Waals surface area contributed by atoms with E-state index in [1.807, 2.05) is 0 Å². The summed E-state index contributed by atoms with van der Waals surface area (Å²) >= 11 is -0.750. The average molecular weight is 1770 g/mol. The molecule has 0 saturated carbocycles. The first kappa shape index (κ1) is 95.6. The number of aliphatic imine (C=N–C) groups is 3. The fourth-order valence-corrected chi connectivity index (χ4v) is 13.0. The lowest BCUT2D eigenvalue weighted by Crippen LogP contribution is -2.24. The summed E-state index contributed by atoms with van der Waals surface area (Å²) in [6.07, 6.45) is 3.79. The van der Waals surface area contributed by atoms with E-state index in [0.29, 0.717) is 0 Å². The van der Waals surface area contributed by atoms with Gasteiger partial charge in [0.05, 0.1) is 30.8 Å². The number of aromatic carboxylic acids is 1. The zero-order valence-electron chi connectivity index (χ0n) is 60.6. The second-order valence-corrected chi connectivity index (χ2v) is 30.2. The Bertz CT molecular complexity index is 5980. The van der Waals surface area contributed by atoms with Crippen molar-refractivity contribution in [3.05, 3.63) is 256 Å². The van der Waals surface area contributed by atoms with Crippen LogP contribution in [0, 0.1) is 34.9 Å². The molecular weight excluding hydrogens is 1710 g/mol. The normalized spacial score (nSPS) is 11.3. The number of hydrogen-bond donors (Lipinski definition) is 13. The van der Waals surface area contributed by atoms with Crippen LogP contribution in [-0.4, -0.2) is 109 Å². The van der Waals surface area contributed by atoms with Gasteiger partial charge in [-0.2, -0.15) is 41.4 Å². The van der Waals surface area contributed by atoms with Crippen LogP contribution in [0.3, 0.4) is 0 Å². The van der Waals surface area contributed by atoms with E-state index in [2.05, 4.69) is 29.1 Å². The van der Waals surface area contributed by atoms with Crippen molar-refractivity contribution in [1.82, 2.24) is 0 Å². The Kier molecular flexibility index (Phi) is 34.6. The van der Waals surface area contributed by atoms with E-state index < -0.39 is 159 Å². The number of carboxylic acid groups (broad SMARTS) is 1. The summed E-state index contributed by atoms with van der Waals surface area (Å²) < 4.78 is 239. The van der Waals surface area contributed by atoms with Crippen molar-refractivity contribution < 1.29 is 135 Å². The van der Waals surface area contributed by atoms with Crippen molar-refractivity contribution in [3.8, 4) is 40.2 Å². The Morgan fingerprint density at radius 3 is 0.958 bits per heavy atom. The minimum Gasteiger partial charge on any atom is -0.478 e. The molecule has 0 atom stereocenters. The van der Waals surface area contributed by atoms with Gasteiger partial charge in [-0.3, -0.25) is 33.1 Å². The number of carbonyl (C=O) groups excluding carboxylic acids is 5. The molecule has 0 unspecified atom stereocenters. The Hall–Kier alpha value is -14.0. The Labute approximate surface area is 675 Å². The van der Waals surface area contributed by atoms with Crippen molar-refractivity contribution in [2.24, 2.45) is 49.4 Å². The molecule has 3 amide bonds. The highest BCUT2D eigenvalue weighted by Crippen LogP contribution is 2.36. The van der Waals surface area contributed by atoms with E-state index in [4.69, 9.17) is 90.6 Å². The molecule has 9 aromatic carbocycles. The smallest absolute Gasteiger partial charge is 0.391 e. The van der Waals surface area contributed by atoms with Crippen LogP contribution in [-0.2, 0) is 75.7 Å². The number of rotatable bonds is 25. The summed E-state index contributed by atoms with van der Waals surface area (Å²) in [5, 5.41) is 9.05. The number of guanidine groups is 3. The predicted molar refractivity (Wildman–Crippen MR) is 416 cm³/mol. The summed E-state index contributed by atoms with van der Waals surface area (Å²) in [5.41, 5.74) is 30.9. The van der Waals surface area contributed by atoms with Gasteiger partial charge in [0.2, 0.25) is 0 Å². The fourth-order valence-electron chi connectivity index (χ4n) is 9.00. The molecule has 0 aromatic heterocycles. The lowest BCUT2D eigenvalue weighted by atomic mass is 10.1. The van der Waals surface area contributed by atoms with E-state index in [9.17, 15) is 79.2 Å². The molecule has 0 aliphatic rings. The first-order chi connectivity index (χ1) is 55.7. The van der Waals surface area contributed by atoms with Crippen molar-refractivity contribution >= 4 is 143 Å². The summed E-state index contributed by atoms with van der Waals surface area (Å²) in [6, 6.07) is 34.6. The Morgan fingerprint density at radius 2 is 0.689 bits per heavy atom. The fraction of sp³-hybridized carbons (Fsp3) is 0.0423. The third-order valence-corrected chi connectivity index (χ3v) is 19.4. The molecule has 0 heterocycles. The standard InChI is InChI=1S/C24H20F2N4O6S.C23H21F2N4O7PS.C23H20F2N4O7S2.CO2.O2S/c1-13(22(31)29-24(27)28)9-14-10-19(25)21(20(26)11-14)36-17-5-7-18(8-6-17)37(34,35)30-16-4-2-3-15(12-16)23(32)33;1-13(22(30)28-23(26)27)10-14-11-19(24)21(20(25)12-14)35-16-6-8-18(9-7-16)38(33,34)29-15-2-4-17(5-3-15)36-37(31)32;1-13(22(30)28-23(26)27)9-14-10-19(24)21(20(25)11-14)36-16-5-7-17(8-6-16)37(31,32)29-15-3-2-4-18(12-15)38(33,34)35;2-1-3;1-3-2/h2-12,30H,1H3,(H,32,33)(H4,27,28,29,31);2-12,29,31-32H,1H3,(H4,26,27,28,30);2-12,29H,1H3,(H,33,34,35)(H4,26,27,28,30);;/b13-9+;13-10+;13-9+;;. The highest BCUT2D eigenvalue weighted by molar-refractivity contribution is 7.93. The molecule has 0 saturated heterocycles. The number of hydrogen-bond acceptors (Lipinski definition) is 22. The number of nitrogens with two attached hydrogens (primary N) is 6. The number of nitrogens with zero attached hydrogens (tertiary/aromatic N) is 3. The van der Waals surface area contributed by atoms with Crippen molar-refractivity contribution in [2.45, 2.75) is 40.4 Å². The number of benzene rings is 9. The number of carboxylic acids is 1. The van der Waals surface area contributed by atoms with E-state index in [1.54, 1.807) is 0 Å². The van der Waals surface area contributed by atoms with Gasteiger partial charge < -0.3 is 68.0 Å². The number of anilines is 3. The first-order valence-corrected chi connectivity index (χ1v) is 39.5. The zero-order chi connectivity index (χ0) is 89.0. The van der Waals surface area contributed by atoms with Gasteiger partial charge in [0, 0.05) is 28.1 Å². The summed E-state index contributed by atoms with van der Waals surface area (Å²) in [4.78, 5) is 89.2. The Balaban J connectivity index is 0.000000307. The summed E-state index contributed by atoms with van der Waals surface area (Å²) in [7, 11) is -19.5. The molecule has 9 rings (SSSR count). The van der Waals surface area contributed by atoms with Gasteiger partial charge in [0.25, 0.3) is 57.9 Å². The topological polar surface area (TPSA) is 620 Å². The summed E-state index contributed by atoms with van der Waals surface area (Å²) in [5.74, 6) is -13.8. The van der Waals surface area contributed by atoms with E-state index >= 15 is 0 Å². The monoisotopic (exact) mass is 1770 g/mol. The minimum atomic E-state index is -4.55. The molecule has 0 fully saturated rings. The lowest BCUT2D eigenvalue weighted by molar-refractivity contribution is -0.191. The molecule has 626 valence electrons. The minimum absolute atomic E-state index is 0.00502. The van der Waals surface area contributed by atoms with Crippen LogP contribution in [0.2, 0.25) is 0 Å². The number of nitrogens with one attached hydrogen (secondary N) is 3. The third kappa shape index (κ3) is 30.3. The molecule has 0 aliphatic carbocycles. The molecule has 9 aromatic rings. The molecule has 0 bridgehead atoms. The maximum atomic E-state index is 14.6. The average Bonchev–Trinajstić information content (AvgIpc) is 0.818. The quantitative estimate of drug-likeness (QED) is 0.00636. The molecule has 36 nitrogen and oxygen atoms in total. The first-order valence-electron chi connectivity index (χ1n) is 31.8. The van der Waals surface area contributed by atoms with Gasteiger partial charge in [-0.05, 0) is 226 Å². The van der Waals surface area contributed by atoms with Gasteiger partial charge in [-0.25, -0.2) is 56.4 Å². The molecular formula is C71H61F6N12O24PS5. The van der Waals surface area contributed by atoms with Crippen molar-refractivity contribution in [3.63, 3.8) is 0 Å². The van der Waals surface area contributed by atoms with Crippen molar-refractivity contribution in [2.75, 3.05) is 14.2 Å². The van der Waals surface area contributed by atoms with Gasteiger partial charge in [0.15, 0.2) is 70.0 Å². The summed E-state index contributed by atoms with van der Waals surface area (Å²) in [6.45, 7) is 4.08.